The molecule has 0 bridgehead atoms. The highest BCUT2D eigenvalue weighted by Gasteiger charge is 2.57. The maximum absolute atomic E-state index is 11.7. The van der Waals surface area contributed by atoms with E-state index < -0.39 is 0 Å². The van der Waals surface area contributed by atoms with E-state index in [0.29, 0.717) is 0 Å². The third-order valence-corrected chi connectivity index (χ3v) is 2.96. The fourth-order valence-corrected chi connectivity index (χ4v) is 1.77. The van der Waals surface area contributed by atoms with Crippen molar-refractivity contribution in [2.24, 2.45) is 10.8 Å². The van der Waals surface area contributed by atoms with E-state index >= 15 is 0 Å². The van der Waals surface area contributed by atoms with Gasteiger partial charge in [-0.25, -0.2) is 0 Å². The van der Waals surface area contributed by atoms with Crippen LogP contribution in [0.15, 0.2) is 0 Å². The Morgan fingerprint density at radius 1 is 1.42 bits per heavy atom. The van der Waals surface area contributed by atoms with Crippen LogP contribution in [0.5, 0.6) is 0 Å². The summed E-state index contributed by atoms with van der Waals surface area (Å²) in [5.41, 5.74) is 0.0647. The van der Waals surface area contributed by atoms with Crippen molar-refractivity contribution < 1.29 is 4.79 Å². The number of hydrogen-bond donors (Lipinski definition) is 1. The smallest absolute Gasteiger partial charge is 0.226 e. The van der Waals surface area contributed by atoms with Crippen LogP contribution in [0.3, 0.4) is 0 Å². The lowest BCUT2D eigenvalue weighted by Crippen LogP contribution is -2.39. The molecule has 12 heavy (non-hydrogen) atoms. The molecule has 0 aromatic rings. The minimum Gasteiger partial charge on any atom is -0.356 e. The summed E-state index contributed by atoms with van der Waals surface area (Å²) in [6, 6.07) is 0. The first kappa shape index (κ1) is 9.56. The SMILES string of the molecule is CCNC(=O)C1(C(C)(C)C)CC1. The lowest BCUT2D eigenvalue weighted by Gasteiger charge is -2.29. The second-order valence-corrected chi connectivity index (χ2v) is 4.69. The summed E-state index contributed by atoms with van der Waals surface area (Å²) in [5, 5.41) is 2.92. The Kier molecular flexibility index (Phi) is 2.19. The molecule has 0 aromatic carbocycles. The fourth-order valence-electron chi connectivity index (χ4n) is 1.77. The van der Waals surface area contributed by atoms with Crippen LogP contribution in [0.2, 0.25) is 0 Å². The molecule has 1 saturated carbocycles. The third-order valence-electron chi connectivity index (χ3n) is 2.96. The largest absolute Gasteiger partial charge is 0.356 e. The van der Waals surface area contributed by atoms with Gasteiger partial charge in [0, 0.05) is 6.54 Å². The molecule has 0 saturated heterocycles. The van der Waals surface area contributed by atoms with Gasteiger partial charge in [0.2, 0.25) is 5.91 Å². The van der Waals surface area contributed by atoms with E-state index in [0.717, 1.165) is 19.4 Å². The van der Waals surface area contributed by atoms with Gasteiger partial charge in [-0.1, -0.05) is 20.8 Å². The topological polar surface area (TPSA) is 29.1 Å². The summed E-state index contributed by atoms with van der Waals surface area (Å²) in [6.45, 7) is 9.16. The van der Waals surface area contributed by atoms with Crippen LogP contribution < -0.4 is 5.32 Å². The zero-order valence-electron chi connectivity index (χ0n) is 8.53. The Morgan fingerprint density at radius 3 is 2.17 bits per heavy atom. The van der Waals surface area contributed by atoms with Crippen molar-refractivity contribution in [3.63, 3.8) is 0 Å². The minimum atomic E-state index is -0.0526. The molecule has 0 aliphatic heterocycles. The Labute approximate surface area is 74.7 Å². The molecule has 1 rings (SSSR count). The van der Waals surface area contributed by atoms with Crippen molar-refractivity contribution in [3.8, 4) is 0 Å². The molecule has 0 atom stereocenters. The van der Waals surface area contributed by atoms with Crippen molar-refractivity contribution >= 4 is 5.91 Å². The second-order valence-electron chi connectivity index (χ2n) is 4.69. The summed E-state index contributed by atoms with van der Waals surface area (Å²) >= 11 is 0. The van der Waals surface area contributed by atoms with Crippen molar-refractivity contribution in [2.75, 3.05) is 6.54 Å². The van der Waals surface area contributed by atoms with Crippen LogP contribution in [0, 0.1) is 10.8 Å². The first-order valence-electron chi connectivity index (χ1n) is 4.72. The molecule has 1 fully saturated rings. The van der Waals surface area contributed by atoms with Gasteiger partial charge >= 0.3 is 0 Å². The highest BCUT2D eigenvalue weighted by atomic mass is 16.2. The van der Waals surface area contributed by atoms with Gasteiger partial charge < -0.3 is 5.32 Å². The Morgan fingerprint density at radius 2 is 1.92 bits per heavy atom. The summed E-state index contributed by atoms with van der Waals surface area (Å²) in [5.74, 6) is 0.248. The molecule has 0 unspecified atom stereocenters. The van der Waals surface area contributed by atoms with Crippen molar-refractivity contribution in [1.82, 2.24) is 5.32 Å². The first-order valence-corrected chi connectivity index (χ1v) is 4.72. The third kappa shape index (κ3) is 1.35. The van der Waals surface area contributed by atoms with Crippen molar-refractivity contribution in [2.45, 2.75) is 40.5 Å². The minimum absolute atomic E-state index is 0.0526. The molecule has 1 N–H and O–H groups in total. The number of rotatable bonds is 2. The van der Waals surface area contributed by atoms with E-state index in [4.69, 9.17) is 0 Å². The average molecular weight is 169 g/mol. The number of amides is 1. The van der Waals surface area contributed by atoms with E-state index in [2.05, 4.69) is 26.1 Å². The van der Waals surface area contributed by atoms with Crippen LogP contribution in [-0.4, -0.2) is 12.5 Å². The molecule has 0 radical (unpaired) electrons. The van der Waals surface area contributed by atoms with Crippen molar-refractivity contribution in [3.05, 3.63) is 0 Å². The predicted molar refractivity (Wildman–Crippen MR) is 49.8 cm³/mol. The normalized spacial score (nSPS) is 20.3. The molecule has 0 spiro atoms. The van der Waals surface area contributed by atoms with Gasteiger partial charge in [0.25, 0.3) is 0 Å². The Hall–Kier alpha value is -0.530. The van der Waals surface area contributed by atoms with Crippen LogP contribution in [0.25, 0.3) is 0 Å². The maximum Gasteiger partial charge on any atom is 0.226 e. The molecule has 1 amide bonds. The summed E-state index contributed by atoms with van der Waals surface area (Å²) in [4.78, 5) is 11.7. The lowest BCUT2D eigenvalue weighted by atomic mass is 9.77. The molecule has 1 aliphatic rings. The zero-order valence-corrected chi connectivity index (χ0v) is 8.53. The number of nitrogens with one attached hydrogen (secondary N) is 1. The standard InChI is InChI=1S/C10H19NO/c1-5-11-8(12)10(6-7-10)9(2,3)4/h5-7H2,1-4H3,(H,11,12). The van der Waals surface area contributed by atoms with Gasteiger partial charge in [0.1, 0.15) is 0 Å². The number of carbonyl (C=O) groups is 1. The number of hydrogen-bond acceptors (Lipinski definition) is 1. The molecule has 2 heteroatoms. The highest BCUT2D eigenvalue weighted by Crippen LogP contribution is 2.58. The maximum atomic E-state index is 11.7. The average Bonchev–Trinajstić information content (AvgIpc) is 2.63. The molecular formula is C10H19NO. The van der Waals surface area contributed by atoms with Gasteiger partial charge in [-0.05, 0) is 25.2 Å². The fraction of sp³-hybridized carbons (Fsp3) is 0.900. The van der Waals surface area contributed by atoms with Gasteiger partial charge in [0.15, 0.2) is 0 Å². The Balaban J connectivity index is 2.67. The van der Waals surface area contributed by atoms with E-state index in [1.807, 2.05) is 6.92 Å². The van der Waals surface area contributed by atoms with Crippen LogP contribution in [-0.2, 0) is 4.79 Å². The summed E-state index contributed by atoms with van der Waals surface area (Å²) in [7, 11) is 0. The lowest BCUT2D eigenvalue weighted by molar-refractivity contribution is -0.130. The van der Waals surface area contributed by atoms with Crippen LogP contribution >= 0.6 is 0 Å². The predicted octanol–water partition coefficient (Wildman–Crippen LogP) is 1.95. The number of carbonyl (C=O) groups excluding carboxylic acids is 1. The van der Waals surface area contributed by atoms with Gasteiger partial charge in [-0.2, -0.15) is 0 Å². The molecular weight excluding hydrogens is 150 g/mol. The van der Waals surface area contributed by atoms with Crippen LogP contribution in [0.1, 0.15) is 40.5 Å². The monoisotopic (exact) mass is 169 g/mol. The molecule has 0 heterocycles. The quantitative estimate of drug-likeness (QED) is 0.672. The Bertz CT molecular complexity index is 187. The van der Waals surface area contributed by atoms with Gasteiger partial charge in [-0.3, -0.25) is 4.79 Å². The molecule has 2 nitrogen and oxygen atoms in total. The van der Waals surface area contributed by atoms with Crippen molar-refractivity contribution in [1.29, 1.82) is 0 Å². The highest BCUT2D eigenvalue weighted by molar-refractivity contribution is 5.86. The zero-order chi connectivity index (χ0) is 9.41. The first-order chi connectivity index (χ1) is 5.44. The van der Waals surface area contributed by atoms with E-state index in [-0.39, 0.29) is 16.7 Å². The van der Waals surface area contributed by atoms with E-state index in [1.165, 1.54) is 0 Å². The summed E-state index contributed by atoms with van der Waals surface area (Å²) < 4.78 is 0. The van der Waals surface area contributed by atoms with Gasteiger partial charge in [-0.15, -0.1) is 0 Å². The summed E-state index contributed by atoms with van der Waals surface area (Å²) in [6.07, 6.45) is 2.12. The molecule has 70 valence electrons. The molecule has 1 aliphatic carbocycles. The second kappa shape index (κ2) is 2.75. The van der Waals surface area contributed by atoms with Gasteiger partial charge in [0.05, 0.1) is 5.41 Å². The van der Waals surface area contributed by atoms with Crippen LogP contribution in [0.4, 0.5) is 0 Å². The van der Waals surface area contributed by atoms with E-state index in [1.54, 1.807) is 0 Å². The molecule has 0 aromatic heterocycles. The van der Waals surface area contributed by atoms with E-state index in [9.17, 15) is 4.79 Å².